The van der Waals surface area contributed by atoms with Gasteiger partial charge in [-0.15, -0.1) is 23.7 Å². The molecule has 2 aromatic rings. The first-order valence-electron chi connectivity index (χ1n) is 8.82. The monoisotopic (exact) mass is 419 g/mol. The van der Waals surface area contributed by atoms with Gasteiger partial charge >= 0.3 is 6.18 Å². The number of aryl methyl sites for hydroxylation is 1. The van der Waals surface area contributed by atoms with Gasteiger partial charge in [0.05, 0.1) is 4.88 Å². The van der Waals surface area contributed by atoms with Crippen LogP contribution in [-0.2, 0) is 6.18 Å². The molecule has 0 unspecified atom stereocenters. The van der Waals surface area contributed by atoms with E-state index in [-0.39, 0.29) is 23.1 Å². The van der Waals surface area contributed by atoms with E-state index in [2.05, 4.69) is 10.3 Å². The van der Waals surface area contributed by atoms with Gasteiger partial charge in [0.2, 0.25) is 0 Å². The van der Waals surface area contributed by atoms with Crippen molar-refractivity contribution in [3.05, 3.63) is 28.3 Å². The Balaban J connectivity index is 0.00000210. The van der Waals surface area contributed by atoms with E-state index in [1.54, 1.807) is 6.92 Å². The highest BCUT2D eigenvalue weighted by Gasteiger charge is 2.34. The Morgan fingerprint density at radius 3 is 2.44 bits per heavy atom. The number of hydrogen-bond donors (Lipinski definition) is 1. The number of carbonyl (C=O) groups is 1. The topological polar surface area (TPSA) is 45.2 Å². The van der Waals surface area contributed by atoms with Gasteiger partial charge in [-0.25, -0.2) is 4.98 Å². The molecule has 2 aliphatic rings. The minimum absolute atomic E-state index is 0. The molecule has 0 spiro atoms. The number of nitrogens with one attached hydrogen (secondary N) is 1. The number of alkyl halides is 3. The average Bonchev–Trinajstić information content (AvgIpc) is 3.12. The number of fused-ring (bicyclic) bond motifs is 2. The standard InChI is InChI=1S/C18H20F3N3OS.ClH/c1-10-13-2-3-14(18(19,20)21)23-16(13)26-15(10)17(25)24-6-4-11-8-22-9-12(11)5-7-24;/h2-3,11-12,22H,4-9H2,1H3;1H/t11-,12+;. The number of thiophene rings is 1. The van der Waals surface area contributed by atoms with Crippen molar-refractivity contribution in [3.8, 4) is 0 Å². The fourth-order valence-electron chi connectivity index (χ4n) is 4.03. The number of likely N-dealkylation sites (tertiary alicyclic amines) is 1. The highest BCUT2D eigenvalue weighted by atomic mass is 35.5. The van der Waals surface area contributed by atoms with Crippen LogP contribution in [0.25, 0.3) is 10.2 Å². The van der Waals surface area contributed by atoms with Crippen LogP contribution in [0.3, 0.4) is 0 Å². The van der Waals surface area contributed by atoms with Gasteiger partial charge in [-0.2, -0.15) is 13.2 Å². The molecule has 1 N–H and O–H groups in total. The van der Waals surface area contributed by atoms with E-state index < -0.39 is 11.9 Å². The van der Waals surface area contributed by atoms with Crippen LogP contribution in [0.2, 0.25) is 0 Å². The molecule has 2 saturated heterocycles. The summed E-state index contributed by atoms with van der Waals surface area (Å²) < 4.78 is 38.7. The van der Waals surface area contributed by atoms with Gasteiger partial charge in [0.1, 0.15) is 10.5 Å². The third-order valence-corrected chi connectivity index (χ3v) is 6.78. The second-order valence-electron chi connectivity index (χ2n) is 7.15. The molecule has 4 heterocycles. The smallest absolute Gasteiger partial charge is 0.338 e. The Bertz CT molecular complexity index is 840. The molecule has 9 heteroatoms. The molecule has 0 saturated carbocycles. The molecule has 27 heavy (non-hydrogen) atoms. The van der Waals surface area contributed by atoms with E-state index in [0.29, 0.717) is 35.2 Å². The lowest BCUT2D eigenvalue weighted by Gasteiger charge is -2.20. The molecule has 1 amide bonds. The largest absolute Gasteiger partial charge is 0.433 e. The van der Waals surface area contributed by atoms with Crippen LogP contribution in [0.5, 0.6) is 0 Å². The summed E-state index contributed by atoms with van der Waals surface area (Å²) in [5.74, 6) is 1.16. The zero-order chi connectivity index (χ0) is 18.5. The maximum absolute atomic E-state index is 13.0. The predicted molar refractivity (Wildman–Crippen MR) is 102 cm³/mol. The summed E-state index contributed by atoms with van der Waals surface area (Å²) in [5, 5.41) is 4.04. The van der Waals surface area contributed by atoms with Crippen molar-refractivity contribution in [3.63, 3.8) is 0 Å². The summed E-state index contributed by atoms with van der Waals surface area (Å²) in [5.41, 5.74) is -0.192. The number of halogens is 4. The van der Waals surface area contributed by atoms with Crippen LogP contribution in [0.4, 0.5) is 13.2 Å². The number of carbonyl (C=O) groups excluding carboxylic acids is 1. The van der Waals surface area contributed by atoms with E-state index in [1.165, 1.54) is 6.07 Å². The highest BCUT2D eigenvalue weighted by Crippen LogP contribution is 2.35. The summed E-state index contributed by atoms with van der Waals surface area (Å²) >= 11 is 1.07. The molecule has 2 aromatic heterocycles. The fourth-order valence-corrected chi connectivity index (χ4v) is 5.17. The van der Waals surface area contributed by atoms with Gasteiger partial charge in [0.15, 0.2) is 0 Å². The Hall–Kier alpha value is -1.38. The minimum atomic E-state index is -4.48. The second kappa shape index (κ2) is 7.56. The predicted octanol–water partition coefficient (Wildman–Crippen LogP) is 4.12. The fraction of sp³-hybridized carbons (Fsp3) is 0.556. The summed E-state index contributed by atoms with van der Waals surface area (Å²) in [7, 11) is 0. The molecular weight excluding hydrogens is 399 g/mol. The van der Waals surface area contributed by atoms with E-state index >= 15 is 0 Å². The van der Waals surface area contributed by atoms with Crippen LogP contribution in [0.1, 0.15) is 33.8 Å². The Kier molecular flexibility index (Phi) is 5.70. The number of aromatic nitrogens is 1. The molecule has 4 rings (SSSR count). The van der Waals surface area contributed by atoms with Crippen molar-refractivity contribution in [2.75, 3.05) is 26.2 Å². The van der Waals surface area contributed by atoms with Crippen LogP contribution in [0.15, 0.2) is 12.1 Å². The third kappa shape index (κ3) is 3.79. The SMILES string of the molecule is Cc1c(C(=O)N2CC[C@@H]3CNC[C@@H]3CC2)sc2nc(C(F)(F)F)ccc12.Cl. The van der Waals surface area contributed by atoms with Crippen molar-refractivity contribution < 1.29 is 18.0 Å². The van der Waals surface area contributed by atoms with Crippen LogP contribution in [0, 0.1) is 18.8 Å². The molecule has 148 valence electrons. The van der Waals surface area contributed by atoms with E-state index in [0.717, 1.165) is 48.9 Å². The third-order valence-electron chi connectivity index (χ3n) is 5.59. The summed E-state index contributed by atoms with van der Waals surface area (Å²) in [6.45, 7) is 5.22. The van der Waals surface area contributed by atoms with Crippen molar-refractivity contribution in [1.82, 2.24) is 15.2 Å². The Morgan fingerprint density at radius 1 is 1.22 bits per heavy atom. The van der Waals surface area contributed by atoms with Crippen molar-refractivity contribution in [1.29, 1.82) is 0 Å². The minimum Gasteiger partial charge on any atom is -0.338 e. The van der Waals surface area contributed by atoms with Gasteiger partial charge in [0, 0.05) is 18.5 Å². The van der Waals surface area contributed by atoms with Crippen molar-refractivity contribution in [2.45, 2.75) is 25.9 Å². The Morgan fingerprint density at radius 2 is 1.85 bits per heavy atom. The number of pyridine rings is 1. The lowest BCUT2D eigenvalue weighted by atomic mass is 9.92. The molecule has 4 nitrogen and oxygen atoms in total. The zero-order valence-electron chi connectivity index (χ0n) is 14.8. The van der Waals surface area contributed by atoms with Gasteiger partial charge < -0.3 is 10.2 Å². The first-order chi connectivity index (χ1) is 12.3. The van der Waals surface area contributed by atoms with Gasteiger partial charge in [-0.1, -0.05) is 0 Å². The quantitative estimate of drug-likeness (QED) is 0.756. The molecular formula is C18H21ClF3N3OS. The normalized spacial score (nSPS) is 23.0. The number of hydrogen-bond acceptors (Lipinski definition) is 4. The molecule has 2 aliphatic heterocycles. The lowest BCUT2D eigenvalue weighted by Crippen LogP contribution is -2.32. The second-order valence-corrected chi connectivity index (χ2v) is 8.15. The molecule has 0 bridgehead atoms. The molecule has 2 fully saturated rings. The maximum Gasteiger partial charge on any atom is 0.433 e. The van der Waals surface area contributed by atoms with Gasteiger partial charge in [-0.3, -0.25) is 4.79 Å². The molecule has 0 radical (unpaired) electrons. The Labute approximate surface area is 165 Å². The summed E-state index contributed by atoms with van der Waals surface area (Å²) in [6.07, 6.45) is -2.53. The molecule has 2 atom stereocenters. The first kappa shape index (κ1) is 20.4. The first-order valence-corrected chi connectivity index (χ1v) is 9.63. The van der Waals surface area contributed by atoms with Crippen molar-refractivity contribution >= 4 is 39.9 Å². The zero-order valence-corrected chi connectivity index (χ0v) is 16.4. The summed E-state index contributed by atoms with van der Waals surface area (Å²) in [4.78, 5) is 19.4. The van der Waals surface area contributed by atoms with Crippen LogP contribution in [-0.4, -0.2) is 42.0 Å². The van der Waals surface area contributed by atoms with E-state index in [9.17, 15) is 18.0 Å². The average molecular weight is 420 g/mol. The van der Waals surface area contributed by atoms with Gasteiger partial charge in [-0.05, 0) is 62.4 Å². The summed E-state index contributed by atoms with van der Waals surface area (Å²) in [6, 6.07) is 2.41. The highest BCUT2D eigenvalue weighted by molar-refractivity contribution is 7.20. The van der Waals surface area contributed by atoms with Gasteiger partial charge in [0.25, 0.3) is 5.91 Å². The molecule has 0 aliphatic carbocycles. The van der Waals surface area contributed by atoms with E-state index in [1.807, 2.05) is 4.90 Å². The van der Waals surface area contributed by atoms with Crippen LogP contribution < -0.4 is 5.32 Å². The number of rotatable bonds is 1. The van der Waals surface area contributed by atoms with Crippen LogP contribution >= 0.6 is 23.7 Å². The van der Waals surface area contributed by atoms with Crippen molar-refractivity contribution in [2.24, 2.45) is 11.8 Å². The van der Waals surface area contributed by atoms with E-state index in [4.69, 9.17) is 0 Å². The molecule has 0 aromatic carbocycles. The maximum atomic E-state index is 13.0. The number of amides is 1. The lowest BCUT2D eigenvalue weighted by molar-refractivity contribution is -0.140. The number of nitrogens with zero attached hydrogens (tertiary/aromatic N) is 2.